The smallest absolute Gasteiger partial charge is 0.180 e. The zero-order chi connectivity index (χ0) is 19.1. The van der Waals surface area contributed by atoms with Crippen LogP contribution >= 0.6 is 0 Å². The van der Waals surface area contributed by atoms with E-state index in [0.717, 1.165) is 0 Å². The molecule has 0 spiro atoms. The maximum absolute atomic E-state index is 6.84. The van der Waals surface area contributed by atoms with Crippen molar-refractivity contribution in [3.8, 4) is 0 Å². The van der Waals surface area contributed by atoms with E-state index in [0.29, 0.717) is 22.9 Å². The molecule has 2 aromatic rings. The molecule has 0 amide bonds. The molecule has 4 rings (SSSR count). The number of hydrogen-bond acceptors (Lipinski definition) is 1. The van der Waals surface area contributed by atoms with E-state index in [1.807, 2.05) is 0 Å². The van der Waals surface area contributed by atoms with Crippen LogP contribution in [0, 0.1) is 5.92 Å². The summed E-state index contributed by atoms with van der Waals surface area (Å²) in [4.78, 5) is 0. The van der Waals surface area contributed by atoms with Gasteiger partial charge in [-0.15, -0.1) is 0 Å². The van der Waals surface area contributed by atoms with Crippen molar-refractivity contribution in [1.29, 1.82) is 0 Å². The molecule has 27 heavy (non-hydrogen) atoms. The molecule has 4 atom stereocenters. The summed E-state index contributed by atoms with van der Waals surface area (Å²) in [6.45, 7) is 9.71. The second-order valence-electron chi connectivity index (χ2n) is 9.03. The molecule has 1 aliphatic heterocycles. The van der Waals surface area contributed by atoms with E-state index >= 15 is 0 Å². The predicted molar refractivity (Wildman–Crippen MR) is 121 cm³/mol. The van der Waals surface area contributed by atoms with Crippen LogP contribution in [0.25, 0.3) is 6.08 Å². The summed E-state index contributed by atoms with van der Waals surface area (Å²) in [7, 11) is -3.43. The van der Waals surface area contributed by atoms with Gasteiger partial charge >= 0.3 is 0 Å². The Morgan fingerprint density at radius 2 is 1.41 bits per heavy atom. The Morgan fingerprint density at radius 3 is 2.07 bits per heavy atom. The molecular weight excluding hydrogens is 360 g/mol. The Bertz CT molecular complexity index is 839. The van der Waals surface area contributed by atoms with Gasteiger partial charge in [0.2, 0.25) is 0 Å². The van der Waals surface area contributed by atoms with Gasteiger partial charge in [0.15, 0.2) is 16.6 Å². The number of rotatable bonds is 3. The number of fused-ring (bicyclic) bond motifs is 1. The fourth-order valence-corrected chi connectivity index (χ4v) is 18.2. The lowest BCUT2D eigenvalue weighted by Gasteiger charge is -2.40. The molecule has 2 aliphatic rings. The van der Waals surface area contributed by atoms with Gasteiger partial charge in [-0.05, 0) is 54.3 Å². The lowest BCUT2D eigenvalue weighted by Crippen LogP contribution is -2.38. The highest BCUT2D eigenvalue weighted by Crippen LogP contribution is 2.60. The Morgan fingerprint density at radius 1 is 0.778 bits per heavy atom. The van der Waals surface area contributed by atoms with E-state index in [9.17, 15) is 0 Å². The molecule has 0 radical (unpaired) electrons. The first-order chi connectivity index (χ1) is 12.9. The van der Waals surface area contributed by atoms with E-state index in [-0.39, 0.29) is 0 Å². The van der Waals surface area contributed by atoms with Crippen LogP contribution in [0.1, 0.15) is 17.0 Å². The van der Waals surface area contributed by atoms with E-state index in [4.69, 9.17) is 4.12 Å². The van der Waals surface area contributed by atoms with Crippen molar-refractivity contribution in [2.75, 3.05) is 0 Å². The van der Waals surface area contributed by atoms with Crippen LogP contribution in [0.3, 0.4) is 0 Å². The largest absolute Gasteiger partial charge is 0.455 e. The first-order valence-corrected chi connectivity index (χ1v) is 16.0. The van der Waals surface area contributed by atoms with Gasteiger partial charge in [-0.1, -0.05) is 85.0 Å². The minimum atomic E-state index is -1.75. The standard InChI is InChI=1S/C24H30OSi2/c1-26(2)23-18-17-21(20-13-9-6-10-14-20)22(24(23)27(3,4)25-26)16-15-19-11-7-5-8-12-19/h5-18,21-24H,1-4H3/b16-15+/t21-,22+,23-,24-/m1/s1. The van der Waals surface area contributed by atoms with Crippen LogP contribution in [0.15, 0.2) is 78.9 Å². The quantitative estimate of drug-likeness (QED) is 0.411. The third kappa shape index (κ3) is 3.56. The second kappa shape index (κ2) is 7.04. The number of hydrogen-bond donors (Lipinski definition) is 0. The lowest BCUT2D eigenvalue weighted by molar-refractivity contribution is 0.497. The van der Waals surface area contributed by atoms with Crippen LogP contribution in [-0.2, 0) is 4.12 Å². The molecular formula is C24H30OSi2. The van der Waals surface area contributed by atoms with Crippen LogP contribution in [-0.4, -0.2) is 16.6 Å². The lowest BCUT2D eigenvalue weighted by atomic mass is 9.78. The summed E-state index contributed by atoms with van der Waals surface area (Å²) < 4.78 is 6.84. The van der Waals surface area contributed by atoms with Crippen molar-refractivity contribution in [3.05, 3.63) is 90.0 Å². The summed E-state index contributed by atoms with van der Waals surface area (Å²) >= 11 is 0. The highest BCUT2D eigenvalue weighted by atomic mass is 28.4. The van der Waals surface area contributed by atoms with Crippen LogP contribution in [0.4, 0.5) is 0 Å². The molecule has 0 saturated carbocycles. The van der Waals surface area contributed by atoms with Gasteiger partial charge in [0, 0.05) is 5.92 Å². The number of allylic oxidation sites excluding steroid dienone is 3. The molecule has 1 fully saturated rings. The van der Waals surface area contributed by atoms with Crippen molar-refractivity contribution in [3.63, 3.8) is 0 Å². The Hall–Kier alpha value is -1.69. The first kappa shape index (κ1) is 18.7. The van der Waals surface area contributed by atoms with Crippen molar-refractivity contribution in [2.24, 2.45) is 5.92 Å². The molecule has 0 unspecified atom stereocenters. The van der Waals surface area contributed by atoms with Crippen LogP contribution in [0.2, 0.25) is 37.3 Å². The Balaban J connectivity index is 1.78. The second-order valence-corrected chi connectivity index (χ2v) is 17.6. The zero-order valence-corrected chi connectivity index (χ0v) is 18.8. The van der Waals surface area contributed by atoms with Crippen LogP contribution < -0.4 is 0 Å². The minimum absolute atomic E-state index is 0.436. The monoisotopic (exact) mass is 390 g/mol. The van der Waals surface area contributed by atoms with Crippen molar-refractivity contribution in [1.82, 2.24) is 0 Å². The molecule has 0 bridgehead atoms. The van der Waals surface area contributed by atoms with Gasteiger partial charge in [-0.2, -0.15) is 0 Å². The average molecular weight is 391 g/mol. The van der Waals surface area contributed by atoms with E-state index < -0.39 is 16.6 Å². The number of benzene rings is 2. The third-order valence-electron chi connectivity index (χ3n) is 6.37. The molecule has 1 heterocycles. The molecule has 1 nitrogen and oxygen atoms in total. The van der Waals surface area contributed by atoms with Gasteiger partial charge in [-0.3, -0.25) is 0 Å². The van der Waals surface area contributed by atoms with E-state index in [2.05, 4.69) is 111 Å². The van der Waals surface area contributed by atoms with Gasteiger partial charge in [0.05, 0.1) is 0 Å². The molecule has 140 valence electrons. The molecule has 0 aromatic heterocycles. The van der Waals surface area contributed by atoms with Gasteiger partial charge in [0.25, 0.3) is 0 Å². The van der Waals surface area contributed by atoms with Gasteiger partial charge < -0.3 is 4.12 Å². The maximum Gasteiger partial charge on any atom is 0.180 e. The van der Waals surface area contributed by atoms with Gasteiger partial charge in [0.1, 0.15) is 0 Å². The Labute approximate surface area is 166 Å². The van der Waals surface area contributed by atoms with Crippen LogP contribution in [0.5, 0.6) is 0 Å². The minimum Gasteiger partial charge on any atom is -0.455 e. The highest BCUT2D eigenvalue weighted by molar-refractivity contribution is 6.92. The molecule has 0 N–H and O–H groups in total. The summed E-state index contributed by atoms with van der Waals surface area (Å²) in [5, 5.41) is 0. The van der Waals surface area contributed by atoms with Crippen molar-refractivity contribution >= 4 is 22.7 Å². The Kier molecular flexibility index (Phi) is 4.87. The van der Waals surface area contributed by atoms with Crippen molar-refractivity contribution in [2.45, 2.75) is 43.2 Å². The molecule has 1 saturated heterocycles. The highest BCUT2D eigenvalue weighted by Gasteiger charge is 2.59. The van der Waals surface area contributed by atoms with E-state index in [1.165, 1.54) is 11.1 Å². The predicted octanol–water partition coefficient (Wildman–Crippen LogP) is 6.85. The molecule has 3 heteroatoms. The summed E-state index contributed by atoms with van der Waals surface area (Å²) in [6, 6.07) is 21.7. The summed E-state index contributed by atoms with van der Waals surface area (Å²) in [5.74, 6) is 0.934. The first-order valence-electron chi connectivity index (χ1n) is 10.1. The third-order valence-corrected chi connectivity index (χ3v) is 15.4. The SMILES string of the molecule is C[Si]1(C)O[Si](C)(C)[C@@H]2C=C[C@H](c3ccccc3)[C@H](/C=C/c3ccccc3)[C@H]21. The fraction of sp³-hybridized carbons (Fsp3) is 0.333. The average Bonchev–Trinajstić information content (AvgIpc) is 2.85. The van der Waals surface area contributed by atoms with Gasteiger partial charge in [-0.25, -0.2) is 0 Å². The topological polar surface area (TPSA) is 9.23 Å². The zero-order valence-electron chi connectivity index (χ0n) is 16.8. The van der Waals surface area contributed by atoms with Crippen molar-refractivity contribution < 1.29 is 4.12 Å². The summed E-state index contributed by atoms with van der Waals surface area (Å²) in [6.07, 6.45) is 9.81. The normalized spacial score (nSPS) is 31.1. The molecule has 2 aromatic carbocycles. The summed E-state index contributed by atoms with van der Waals surface area (Å²) in [5.41, 5.74) is 3.98. The maximum atomic E-state index is 6.84. The van der Waals surface area contributed by atoms with E-state index in [1.54, 1.807) is 0 Å². The fourth-order valence-electron chi connectivity index (χ4n) is 5.36. The molecule has 1 aliphatic carbocycles.